The van der Waals surface area contributed by atoms with Crippen molar-refractivity contribution in [2.75, 3.05) is 13.1 Å². The number of primary amides is 1. The number of ketones is 1. The highest BCUT2D eigenvalue weighted by Crippen LogP contribution is 2.32. The maximum atomic E-state index is 14.1. The van der Waals surface area contributed by atoms with Crippen LogP contribution in [0.4, 0.5) is 4.79 Å². The van der Waals surface area contributed by atoms with Crippen molar-refractivity contribution in [3.05, 3.63) is 35.4 Å². The van der Waals surface area contributed by atoms with Crippen molar-refractivity contribution in [3.8, 4) is 0 Å². The second-order valence-electron chi connectivity index (χ2n) is 14.8. The SMILES string of the molecule is CC.CC(C)(C)NC(=O)CNC(=O)NC(C(=O)N1CCC[C@H]1C(=O)NC(CC1CCC1)C(=O)C(N)=O)C1Cc2ccccc2C1.CC(C)C.NCl. The molecule has 2 unspecified atom stereocenters. The van der Waals surface area contributed by atoms with Crippen LogP contribution in [-0.2, 0) is 36.8 Å². The first-order valence-corrected chi connectivity index (χ1v) is 18.6. The van der Waals surface area contributed by atoms with Gasteiger partial charge in [-0.3, -0.25) is 24.0 Å². The van der Waals surface area contributed by atoms with Gasteiger partial charge in [0.15, 0.2) is 0 Å². The monoisotopic (exact) mass is 735 g/mol. The number of rotatable bonds is 11. The molecule has 0 spiro atoms. The molecule has 288 valence electrons. The van der Waals surface area contributed by atoms with E-state index < -0.39 is 53.2 Å². The van der Waals surface area contributed by atoms with Gasteiger partial charge in [0.25, 0.3) is 5.91 Å². The average molecular weight is 736 g/mol. The number of benzene rings is 1. The van der Waals surface area contributed by atoms with Gasteiger partial charge < -0.3 is 31.9 Å². The summed E-state index contributed by atoms with van der Waals surface area (Å²) in [4.78, 5) is 78.5. The molecule has 6 amide bonds. The second-order valence-corrected chi connectivity index (χ2v) is 14.8. The fraction of sp³-hybridized carbons (Fsp3) is 0.676. The Morgan fingerprint density at radius 3 is 1.92 bits per heavy atom. The molecule has 0 aromatic heterocycles. The van der Waals surface area contributed by atoms with Crippen LogP contribution in [0, 0.1) is 17.8 Å². The van der Waals surface area contributed by atoms with E-state index in [0.29, 0.717) is 38.6 Å². The minimum Gasteiger partial charge on any atom is -0.363 e. The van der Waals surface area contributed by atoms with Crippen LogP contribution >= 0.6 is 11.8 Å². The van der Waals surface area contributed by atoms with Crippen molar-refractivity contribution in [2.24, 2.45) is 28.7 Å². The first-order chi connectivity index (χ1) is 24.1. The molecule has 1 aromatic carbocycles. The Balaban J connectivity index is 0.00000149. The van der Waals surface area contributed by atoms with Crippen molar-refractivity contribution < 1.29 is 28.8 Å². The van der Waals surface area contributed by atoms with Gasteiger partial charge >= 0.3 is 6.03 Å². The minimum atomic E-state index is -1.10. The normalized spacial score (nSPS) is 17.7. The molecule has 2 fully saturated rings. The first kappa shape index (κ1) is 45.3. The lowest BCUT2D eigenvalue weighted by Crippen LogP contribution is -2.59. The van der Waals surface area contributed by atoms with Gasteiger partial charge in [0, 0.05) is 12.1 Å². The van der Waals surface area contributed by atoms with Crippen molar-refractivity contribution in [2.45, 2.75) is 130 Å². The molecule has 3 atom stereocenters. The quantitative estimate of drug-likeness (QED) is 0.147. The van der Waals surface area contributed by atoms with Gasteiger partial charge in [-0.1, -0.05) is 78.1 Å². The number of Topliss-reactive ketones (excluding diaryl/α,β-unsaturated/α-hetero) is 1. The Morgan fingerprint density at radius 1 is 0.902 bits per heavy atom. The molecule has 3 aliphatic rings. The zero-order valence-corrected chi connectivity index (χ0v) is 32.5. The van der Waals surface area contributed by atoms with Gasteiger partial charge in [-0.25, -0.2) is 10.0 Å². The highest BCUT2D eigenvalue weighted by atomic mass is 35.5. The van der Waals surface area contributed by atoms with Crippen LogP contribution in [0.15, 0.2) is 24.3 Å². The molecule has 1 saturated carbocycles. The summed E-state index contributed by atoms with van der Waals surface area (Å²) in [5, 5.41) is 14.8. The molecule has 1 aromatic rings. The summed E-state index contributed by atoms with van der Waals surface area (Å²) in [6.45, 7) is 16.0. The number of nitrogens with one attached hydrogen (secondary N) is 4. The van der Waals surface area contributed by atoms with Crippen molar-refractivity contribution in [3.63, 3.8) is 0 Å². The zero-order valence-electron chi connectivity index (χ0n) is 31.8. The summed E-state index contributed by atoms with van der Waals surface area (Å²) in [7, 11) is 0. The average Bonchev–Trinajstić information content (AvgIpc) is 3.72. The van der Waals surface area contributed by atoms with Crippen LogP contribution < -0.4 is 32.3 Å². The van der Waals surface area contributed by atoms with Gasteiger partial charge in [-0.05, 0) is 93.5 Å². The number of nitrogens with two attached hydrogens (primary N) is 2. The molecule has 13 nitrogen and oxygen atoms in total. The van der Waals surface area contributed by atoms with Crippen molar-refractivity contribution >= 4 is 47.2 Å². The van der Waals surface area contributed by atoms with E-state index in [1.54, 1.807) is 0 Å². The Morgan fingerprint density at radius 2 is 1.45 bits per heavy atom. The standard InChI is InChI=1S/C31H44N6O6.C4H10.C2H6.ClH2N/c1-31(2,3)36-24(38)17-33-30(43)35-25(21-15-19-10-4-5-11-20(19)16-21)29(42)37-13-7-12-23(37)28(41)34-22(26(39)27(32)40)14-18-8-6-9-18;1-4(2)3;2*1-2/h4-5,10-11,18,21-23,25H,6-9,12-17H2,1-3H3,(H2,32,40)(H,34,41)(H,36,38)(H2,33,35,43);4H,1-3H3;1-2H3;2H2/t22?,23-,25?;;;/m0.../s1. The number of urea groups is 1. The van der Waals surface area contributed by atoms with Crippen LogP contribution in [-0.4, -0.2) is 77.1 Å². The third-order valence-electron chi connectivity index (χ3n) is 8.54. The number of halogens is 1. The van der Waals surface area contributed by atoms with Gasteiger partial charge in [0.1, 0.15) is 12.1 Å². The van der Waals surface area contributed by atoms with Crippen LogP contribution in [0.1, 0.15) is 105 Å². The molecule has 1 saturated heterocycles. The second kappa shape index (κ2) is 22.3. The van der Waals surface area contributed by atoms with Gasteiger partial charge in [0.2, 0.25) is 23.5 Å². The molecule has 8 N–H and O–H groups in total. The zero-order chi connectivity index (χ0) is 38.9. The van der Waals surface area contributed by atoms with E-state index in [2.05, 4.69) is 59.1 Å². The molecule has 0 bridgehead atoms. The fourth-order valence-corrected chi connectivity index (χ4v) is 6.24. The summed E-state index contributed by atoms with van der Waals surface area (Å²) in [5.41, 5.74) is 6.99. The topological polar surface area (TPSA) is 206 Å². The third-order valence-corrected chi connectivity index (χ3v) is 8.54. The summed E-state index contributed by atoms with van der Waals surface area (Å²) >= 11 is 4.14. The van der Waals surface area contributed by atoms with Crippen LogP contribution in [0.25, 0.3) is 0 Å². The first-order valence-electron chi connectivity index (χ1n) is 18.1. The number of carbonyl (C=O) groups excluding carboxylic acids is 6. The van der Waals surface area contributed by atoms with E-state index in [4.69, 9.17) is 5.73 Å². The molecule has 1 heterocycles. The number of hydrogen-bond acceptors (Lipinski definition) is 7. The summed E-state index contributed by atoms with van der Waals surface area (Å²) in [6, 6.07) is 4.36. The number of nitrogens with zero attached hydrogens (tertiary/aromatic N) is 1. The molecular formula is C37H62ClN7O6. The number of hydrogen-bond donors (Lipinski definition) is 6. The predicted molar refractivity (Wildman–Crippen MR) is 200 cm³/mol. The van der Waals surface area contributed by atoms with Crippen molar-refractivity contribution in [1.82, 2.24) is 26.2 Å². The number of carbonyl (C=O) groups is 6. The lowest BCUT2D eigenvalue weighted by molar-refractivity contribution is -0.143. The third kappa shape index (κ3) is 15.2. The smallest absolute Gasteiger partial charge is 0.315 e. The Kier molecular flexibility index (Phi) is 19.8. The molecule has 14 heteroatoms. The Bertz CT molecular complexity index is 1290. The molecule has 51 heavy (non-hydrogen) atoms. The van der Waals surface area contributed by atoms with Crippen LogP contribution in [0.3, 0.4) is 0 Å². The van der Waals surface area contributed by atoms with E-state index in [9.17, 15) is 28.8 Å². The molecule has 2 aliphatic carbocycles. The van der Waals surface area contributed by atoms with E-state index in [0.717, 1.165) is 36.3 Å². The van der Waals surface area contributed by atoms with Gasteiger partial charge in [-0.2, -0.15) is 0 Å². The molecule has 1 aliphatic heterocycles. The van der Waals surface area contributed by atoms with E-state index in [1.165, 1.54) is 4.90 Å². The predicted octanol–water partition coefficient (Wildman–Crippen LogP) is 3.49. The fourth-order valence-electron chi connectivity index (χ4n) is 6.24. The summed E-state index contributed by atoms with van der Waals surface area (Å²) in [5.74, 6) is -2.41. The Labute approximate surface area is 309 Å². The van der Waals surface area contributed by atoms with Crippen molar-refractivity contribution in [1.29, 1.82) is 0 Å². The maximum absolute atomic E-state index is 14.1. The van der Waals surface area contributed by atoms with Gasteiger partial charge in [0.05, 0.1) is 12.6 Å². The number of amides is 6. The van der Waals surface area contributed by atoms with Crippen LogP contribution in [0.5, 0.6) is 0 Å². The highest BCUT2D eigenvalue weighted by Gasteiger charge is 2.43. The van der Waals surface area contributed by atoms with E-state index in [1.807, 2.05) is 58.9 Å². The lowest BCUT2D eigenvalue weighted by Gasteiger charge is -2.33. The molecular weight excluding hydrogens is 674 g/mol. The minimum absolute atomic E-state index is 0.233. The molecule has 0 radical (unpaired) electrons. The van der Waals surface area contributed by atoms with E-state index >= 15 is 0 Å². The van der Waals surface area contributed by atoms with Gasteiger partial charge in [-0.15, -0.1) is 0 Å². The Hall–Kier alpha value is -3.71. The maximum Gasteiger partial charge on any atom is 0.315 e. The molecule has 4 rings (SSSR count). The summed E-state index contributed by atoms with van der Waals surface area (Å²) < 4.78 is 0. The number of likely N-dealkylation sites (tertiary alicyclic amines) is 1. The highest BCUT2D eigenvalue weighted by molar-refractivity contribution is 6.37. The largest absolute Gasteiger partial charge is 0.363 e. The summed E-state index contributed by atoms with van der Waals surface area (Å²) in [6.07, 6.45) is 5.30. The number of fused-ring (bicyclic) bond motifs is 1. The van der Waals surface area contributed by atoms with Crippen LogP contribution in [0.2, 0.25) is 0 Å². The van der Waals surface area contributed by atoms with E-state index in [-0.39, 0.29) is 24.3 Å². The lowest BCUT2D eigenvalue weighted by atomic mass is 9.80.